The Morgan fingerprint density at radius 1 is 0.393 bits per heavy atom. The second kappa shape index (κ2) is 28.0. The lowest BCUT2D eigenvalue weighted by Crippen LogP contribution is -2.12. The summed E-state index contributed by atoms with van der Waals surface area (Å²) >= 11 is 6.75. The largest absolute Gasteiger partial charge is 0.494 e. The lowest BCUT2D eigenvalue weighted by atomic mass is 10.1. The van der Waals surface area contributed by atoms with Crippen LogP contribution in [0.25, 0.3) is 0 Å². The highest BCUT2D eigenvalue weighted by molar-refractivity contribution is 9.11. The Labute approximate surface area is 377 Å². The lowest BCUT2D eigenvalue weighted by Gasteiger charge is -2.10. The molecular formula is C49H58Br2O10. The first kappa shape index (κ1) is 49.0. The first-order valence-electron chi connectivity index (χ1n) is 21.5. The average Bonchev–Trinajstić information content (AvgIpc) is 3.27. The van der Waals surface area contributed by atoms with Crippen LogP contribution in [0.3, 0.4) is 0 Å². The summed E-state index contributed by atoms with van der Waals surface area (Å²) in [5.74, 6) is -0.390. The van der Waals surface area contributed by atoms with E-state index in [1.807, 2.05) is 0 Å². The van der Waals surface area contributed by atoms with Crippen molar-refractivity contribution in [1.82, 2.24) is 0 Å². The van der Waals surface area contributed by atoms with E-state index in [1.54, 1.807) is 48.5 Å². The molecule has 4 aromatic rings. The maximum Gasteiger partial charge on any atom is 0.343 e. The molecule has 12 heteroatoms. The zero-order valence-electron chi connectivity index (χ0n) is 35.4. The predicted octanol–water partition coefficient (Wildman–Crippen LogP) is 13.3. The summed E-state index contributed by atoms with van der Waals surface area (Å²) in [5, 5.41) is 0. The molecule has 0 aliphatic heterocycles. The fourth-order valence-corrected chi connectivity index (χ4v) is 7.09. The van der Waals surface area contributed by atoms with Crippen molar-refractivity contribution in [2.45, 2.75) is 110 Å². The zero-order chi connectivity index (χ0) is 43.7. The van der Waals surface area contributed by atoms with Gasteiger partial charge < -0.3 is 28.4 Å². The average molecular weight is 967 g/mol. The van der Waals surface area contributed by atoms with Crippen LogP contribution in [0.5, 0.6) is 23.0 Å². The van der Waals surface area contributed by atoms with Crippen LogP contribution in [-0.2, 0) is 9.47 Å². The molecule has 0 fully saturated rings. The highest BCUT2D eigenvalue weighted by atomic mass is 79.9. The van der Waals surface area contributed by atoms with E-state index in [1.165, 1.54) is 101 Å². The summed E-state index contributed by atoms with van der Waals surface area (Å²) in [4.78, 5) is 51.0. The molecule has 0 bridgehead atoms. The van der Waals surface area contributed by atoms with E-state index in [-0.39, 0.29) is 42.3 Å². The van der Waals surface area contributed by atoms with E-state index < -0.39 is 23.9 Å². The van der Waals surface area contributed by atoms with Gasteiger partial charge in [0.2, 0.25) is 0 Å². The van der Waals surface area contributed by atoms with Crippen LogP contribution >= 0.6 is 31.9 Å². The highest BCUT2D eigenvalue weighted by Gasteiger charge is 2.17. The molecule has 0 unspecified atom stereocenters. The molecule has 4 rings (SSSR count). The summed E-state index contributed by atoms with van der Waals surface area (Å²) in [7, 11) is 0. The van der Waals surface area contributed by atoms with E-state index in [0.29, 0.717) is 44.8 Å². The third-order valence-electron chi connectivity index (χ3n) is 9.71. The van der Waals surface area contributed by atoms with E-state index in [9.17, 15) is 19.2 Å². The normalized spacial score (nSPS) is 10.8. The van der Waals surface area contributed by atoms with E-state index in [0.717, 1.165) is 25.7 Å². The molecule has 0 radical (unpaired) electrons. The van der Waals surface area contributed by atoms with Gasteiger partial charge in [-0.25, -0.2) is 19.2 Å². The Balaban J connectivity index is 1.11. The van der Waals surface area contributed by atoms with Crippen molar-refractivity contribution in [3.8, 4) is 23.0 Å². The summed E-state index contributed by atoms with van der Waals surface area (Å²) in [6.45, 7) is 5.71. The molecule has 0 aromatic heterocycles. The highest BCUT2D eigenvalue weighted by Crippen LogP contribution is 2.29. The maximum atomic E-state index is 12.8. The molecule has 10 nitrogen and oxygen atoms in total. The summed E-state index contributed by atoms with van der Waals surface area (Å²) in [6.07, 6.45) is 17.2. The molecule has 328 valence electrons. The first-order valence-corrected chi connectivity index (χ1v) is 23.1. The third-order valence-corrected chi connectivity index (χ3v) is 10.9. The van der Waals surface area contributed by atoms with Gasteiger partial charge in [-0.15, -0.1) is 0 Å². The Morgan fingerprint density at radius 3 is 1.10 bits per heavy atom. The van der Waals surface area contributed by atoms with Gasteiger partial charge in [0.25, 0.3) is 0 Å². The van der Waals surface area contributed by atoms with Gasteiger partial charge in [-0.2, -0.15) is 0 Å². The number of halogens is 2. The number of ether oxygens (including phenoxy) is 6. The number of unbranched alkanes of at least 4 members (excludes halogenated alkanes) is 12. The smallest absolute Gasteiger partial charge is 0.343 e. The van der Waals surface area contributed by atoms with E-state index in [4.69, 9.17) is 28.4 Å². The molecule has 0 saturated heterocycles. The molecule has 0 amide bonds. The Bertz CT molecular complexity index is 1820. The Hall–Kier alpha value is -4.68. The topological polar surface area (TPSA) is 124 Å². The van der Waals surface area contributed by atoms with Gasteiger partial charge in [-0.3, -0.25) is 0 Å². The molecule has 0 saturated carbocycles. The number of hydrogen-bond donors (Lipinski definition) is 0. The Morgan fingerprint density at radius 2 is 0.738 bits per heavy atom. The van der Waals surface area contributed by atoms with Gasteiger partial charge in [0.05, 0.1) is 57.6 Å². The zero-order valence-corrected chi connectivity index (χ0v) is 38.5. The van der Waals surface area contributed by atoms with Crippen molar-refractivity contribution in [1.29, 1.82) is 0 Å². The van der Waals surface area contributed by atoms with Gasteiger partial charge in [0.15, 0.2) is 0 Å². The molecule has 0 spiro atoms. The van der Waals surface area contributed by atoms with Gasteiger partial charge in [-0.1, -0.05) is 90.9 Å². The monoisotopic (exact) mass is 964 g/mol. The van der Waals surface area contributed by atoms with Crippen molar-refractivity contribution in [2.24, 2.45) is 0 Å². The fourth-order valence-electron chi connectivity index (χ4n) is 6.17. The lowest BCUT2D eigenvalue weighted by molar-refractivity contribution is 0.0395. The number of carbonyl (C=O) groups excluding carboxylic acids is 4. The van der Waals surface area contributed by atoms with Crippen LogP contribution in [0.4, 0.5) is 0 Å². The van der Waals surface area contributed by atoms with Gasteiger partial charge in [0.1, 0.15) is 23.0 Å². The van der Waals surface area contributed by atoms with Crippen LogP contribution in [0.15, 0.2) is 93.9 Å². The molecule has 0 N–H and O–H groups in total. The fraction of sp³-hybridized carbons (Fsp3) is 0.429. The van der Waals surface area contributed by atoms with Crippen LogP contribution in [0.2, 0.25) is 0 Å². The first-order chi connectivity index (χ1) is 29.7. The molecule has 0 atom stereocenters. The molecule has 61 heavy (non-hydrogen) atoms. The summed E-state index contributed by atoms with van der Waals surface area (Å²) in [6, 6.07) is 22.7. The minimum atomic E-state index is -0.589. The minimum Gasteiger partial charge on any atom is -0.494 e. The minimum absolute atomic E-state index is 0.00408. The predicted molar refractivity (Wildman–Crippen MR) is 243 cm³/mol. The van der Waals surface area contributed by atoms with Crippen molar-refractivity contribution >= 4 is 55.7 Å². The number of esters is 4. The molecule has 0 heterocycles. The number of hydrogen-bond acceptors (Lipinski definition) is 10. The second-order valence-electron chi connectivity index (χ2n) is 14.7. The molecule has 4 aromatic carbocycles. The standard InChI is InChI=1S/C49H58Br2O10/c1-3-5-7-9-11-13-15-30-56-40-24-18-36(19-25-40)48(54)60-44-28-22-38(34-42(44)50)46(52)58-32-17-33-59-47(53)39-23-29-45(43(51)35-39)61-49(55)37-20-26-41(27-21-37)57-31-16-14-12-10-8-6-4-2/h18-29,34-35H,3-17,30-33H2,1-2H3. The van der Waals surface area contributed by atoms with Crippen molar-refractivity contribution in [3.63, 3.8) is 0 Å². The van der Waals surface area contributed by atoms with Crippen molar-refractivity contribution < 1.29 is 47.6 Å². The van der Waals surface area contributed by atoms with Crippen LogP contribution < -0.4 is 18.9 Å². The van der Waals surface area contributed by atoms with Gasteiger partial charge in [0, 0.05) is 6.42 Å². The van der Waals surface area contributed by atoms with Crippen molar-refractivity contribution in [3.05, 3.63) is 116 Å². The van der Waals surface area contributed by atoms with Gasteiger partial charge in [-0.05, 0) is 130 Å². The summed E-state index contributed by atoms with van der Waals surface area (Å²) in [5.41, 5.74) is 1.22. The Kier molecular flexibility index (Phi) is 22.5. The molecule has 0 aliphatic carbocycles. The molecular weight excluding hydrogens is 908 g/mol. The van der Waals surface area contributed by atoms with E-state index in [2.05, 4.69) is 45.7 Å². The SMILES string of the molecule is CCCCCCCCCOc1ccc(C(=O)Oc2ccc(C(=O)OCCCOC(=O)c3ccc(OC(=O)c4ccc(OCCCCCCCCC)cc4)c(Br)c3)cc2Br)cc1. The molecule has 0 aliphatic rings. The van der Waals surface area contributed by atoms with Crippen LogP contribution in [-0.4, -0.2) is 50.3 Å². The number of benzene rings is 4. The van der Waals surface area contributed by atoms with Crippen LogP contribution in [0.1, 0.15) is 152 Å². The van der Waals surface area contributed by atoms with Crippen molar-refractivity contribution in [2.75, 3.05) is 26.4 Å². The summed E-state index contributed by atoms with van der Waals surface area (Å²) < 4.78 is 34.2. The number of rotatable bonds is 28. The van der Waals surface area contributed by atoms with Gasteiger partial charge >= 0.3 is 23.9 Å². The van der Waals surface area contributed by atoms with E-state index >= 15 is 0 Å². The quantitative estimate of drug-likeness (QED) is 0.0309. The van der Waals surface area contributed by atoms with Crippen LogP contribution in [0, 0.1) is 0 Å². The third kappa shape index (κ3) is 18.1. The maximum absolute atomic E-state index is 12.8. The second-order valence-corrected chi connectivity index (χ2v) is 16.4. The number of carbonyl (C=O) groups is 4.